The predicted octanol–water partition coefficient (Wildman–Crippen LogP) is 7.39. The molecule has 0 radical (unpaired) electrons. The van der Waals surface area contributed by atoms with E-state index >= 15 is 0 Å². The van der Waals surface area contributed by atoms with Crippen LogP contribution in [0.5, 0.6) is 11.5 Å². The van der Waals surface area contributed by atoms with Crippen LogP contribution in [0.15, 0.2) is 148 Å². The number of hydrogen-bond acceptors (Lipinski definition) is 21. The van der Waals surface area contributed by atoms with Gasteiger partial charge in [-0.3, -0.25) is 37.8 Å². The van der Waals surface area contributed by atoms with Gasteiger partial charge in [0.2, 0.25) is 23.4 Å². The van der Waals surface area contributed by atoms with Crippen LogP contribution >= 0.6 is 0 Å². The van der Waals surface area contributed by atoms with Gasteiger partial charge in [0.05, 0.1) is 101 Å². The highest BCUT2D eigenvalue weighted by atomic mass is 32.2. The molecular formula is C74H86F2N8O22S4. The van der Waals surface area contributed by atoms with E-state index in [1.54, 1.807) is 54.6 Å². The van der Waals surface area contributed by atoms with Crippen LogP contribution in [-0.4, -0.2) is 202 Å². The van der Waals surface area contributed by atoms with Crippen molar-refractivity contribution >= 4 is 98.1 Å². The molecule has 1 saturated heterocycles. The minimum absolute atomic E-state index is 0.0298. The second kappa shape index (κ2) is 35.7. The minimum atomic E-state index is -4.65. The number of aliphatic carboxylic acids is 1. The number of alkyl halides is 2. The number of carboxylic acids is 1. The van der Waals surface area contributed by atoms with Crippen molar-refractivity contribution in [1.29, 1.82) is 5.26 Å². The number of fused-ring (bicyclic) bond motifs is 3. The topological polar surface area (TPSA) is 445 Å². The summed E-state index contributed by atoms with van der Waals surface area (Å²) in [5.74, 6) is -7.11. The lowest BCUT2D eigenvalue weighted by Crippen LogP contribution is -2.43. The highest BCUT2D eigenvalue weighted by Crippen LogP contribution is 2.49. The van der Waals surface area contributed by atoms with E-state index in [2.05, 4.69) is 20.9 Å². The maximum absolute atomic E-state index is 13.9. The molecule has 36 heteroatoms. The molecule has 7 N–H and O–H groups in total. The second-order valence-corrected chi connectivity index (χ2v) is 33.7. The van der Waals surface area contributed by atoms with E-state index in [1.807, 2.05) is 61.5 Å². The van der Waals surface area contributed by atoms with E-state index in [0.29, 0.717) is 98.0 Å². The number of anilines is 1. The normalized spacial score (nSPS) is 17.8. The van der Waals surface area contributed by atoms with Crippen LogP contribution in [0.3, 0.4) is 0 Å². The Morgan fingerprint density at radius 1 is 0.755 bits per heavy atom. The number of allylic oxidation sites excluding steroid dienone is 7. The summed E-state index contributed by atoms with van der Waals surface area (Å²) in [6.45, 7) is 6.61. The Kier molecular flexibility index (Phi) is 27.5. The van der Waals surface area contributed by atoms with Crippen molar-refractivity contribution in [3.8, 4) is 17.6 Å². The van der Waals surface area contributed by atoms with Gasteiger partial charge in [0.15, 0.2) is 5.71 Å². The summed E-state index contributed by atoms with van der Waals surface area (Å²) < 4.78 is 191. The quantitative estimate of drug-likeness (QED) is 0.0116. The maximum Gasteiger partial charge on any atom is 0.326 e. The zero-order valence-corrected chi connectivity index (χ0v) is 63.9. The number of rotatable bonds is 37. The smallest absolute Gasteiger partial charge is 0.326 e. The third kappa shape index (κ3) is 22.4. The van der Waals surface area contributed by atoms with Gasteiger partial charge in [0, 0.05) is 90.6 Å². The summed E-state index contributed by atoms with van der Waals surface area (Å²) in [6, 6.07) is 20.0. The summed E-state index contributed by atoms with van der Waals surface area (Å²) in [4.78, 5) is 70.3. The number of carbonyl (C=O) groups excluding carboxylic acids is 4. The van der Waals surface area contributed by atoms with Crippen molar-refractivity contribution in [2.45, 2.75) is 137 Å². The molecule has 4 heterocycles. The van der Waals surface area contributed by atoms with E-state index in [4.69, 9.17) is 18.9 Å². The number of likely N-dealkylation sites (tertiary alicyclic amines) is 1. The van der Waals surface area contributed by atoms with E-state index in [-0.39, 0.29) is 119 Å². The van der Waals surface area contributed by atoms with E-state index in [9.17, 15) is 95.0 Å². The molecule has 0 spiro atoms. The molecule has 0 saturated carbocycles. The van der Waals surface area contributed by atoms with Crippen LogP contribution in [0.25, 0.3) is 10.9 Å². The molecular weight excluding hydrogens is 1520 g/mol. The van der Waals surface area contributed by atoms with Crippen LogP contribution in [0.1, 0.15) is 119 Å². The molecule has 2 atom stereocenters. The number of pyridine rings is 1. The number of carbonyl (C=O) groups is 5. The first-order chi connectivity index (χ1) is 51.7. The largest absolute Gasteiger partial charge is 0.748 e. The predicted molar refractivity (Wildman–Crippen MR) is 396 cm³/mol. The molecule has 9 rings (SSSR count). The third-order valence-corrected chi connectivity index (χ3v) is 22.4. The van der Waals surface area contributed by atoms with Crippen LogP contribution in [0.2, 0.25) is 0 Å². The van der Waals surface area contributed by atoms with Crippen molar-refractivity contribution in [3.05, 3.63) is 160 Å². The average Bonchev–Trinajstić information content (AvgIpc) is 1.59. The molecule has 3 aliphatic heterocycles. The molecule has 0 unspecified atom stereocenters. The van der Waals surface area contributed by atoms with Crippen LogP contribution in [0.4, 0.5) is 20.2 Å². The fourth-order valence-corrected chi connectivity index (χ4v) is 15.6. The van der Waals surface area contributed by atoms with Gasteiger partial charge in [-0.1, -0.05) is 32.1 Å². The van der Waals surface area contributed by atoms with Gasteiger partial charge in [-0.05, 0) is 154 Å². The number of aromatic nitrogens is 1. The number of amides is 4. The van der Waals surface area contributed by atoms with E-state index < -0.39 is 124 Å². The van der Waals surface area contributed by atoms with Crippen LogP contribution < -0.4 is 30.3 Å². The average molecular weight is 1610 g/mol. The number of halogens is 2. The van der Waals surface area contributed by atoms with Crippen molar-refractivity contribution in [3.63, 3.8) is 0 Å². The Hall–Kier alpha value is -9.42. The summed E-state index contributed by atoms with van der Waals surface area (Å²) in [5.41, 5.74) is 4.10. The summed E-state index contributed by atoms with van der Waals surface area (Å²) in [5, 5.41) is 27.5. The Labute approximate surface area is 635 Å². The first-order valence-electron chi connectivity index (χ1n) is 35.2. The standard InChI is InChI=1S/C74H86F2N8O22S4/c1-72(2)58-42-54(109(97,98)99)19-22-62(58)82(31-5-7-38-107(91,92)93)64(72)24-14-49-10-9-11-50(15-25-65-73(3,4)59-43-55(110(100,101)102)20-23-63(59)83(65)32-6-8-39-108(94,95)96)69(49)106-52-16-12-48(13-17-52)40-61(71(89)90)81-67(86)27-33-103-36-37-104-35-30-79-66(85)28-34-105-53-18-21-60-57(41-53)56(26-29-78-60)70(88)80-46-68(87)84-47-74(75,76)44-51(84)45-77/h12-26,29,41-43,51,61H,5-11,27-28,30-40,44,46-47H2,1-4H3,(H7-,79,80,81,85,86,88,89,90,91,92,93,94,95,96,97,98,99,100,101,102)/t51-,61-/m0/s1. The molecule has 4 aromatic carbocycles. The second-order valence-electron chi connectivity index (χ2n) is 27.8. The molecule has 110 heavy (non-hydrogen) atoms. The zero-order valence-electron chi connectivity index (χ0n) is 60.7. The molecule has 1 fully saturated rings. The highest BCUT2D eigenvalue weighted by molar-refractivity contribution is 7.86. The number of unbranched alkanes of at least 4 members (excludes halogenated alkanes) is 2. The molecule has 4 aliphatic rings. The Morgan fingerprint density at radius 2 is 1.43 bits per heavy atom. The Balaban J connectivity index is 0.814. The summed E-state index contributed by atoms with van der Waals surface area (Å²) >= 11 is 0. The minimum Gasteiger partial charge on any atom is -0.748 e. The lowest BCUT2D eigenvalue weighted by atomic mass is 9.81. The molecule has 592 valence electrons. The fraction of sp³-hybridized carbons (Fsp3) is 0.432. The third-order valence-electron chi connectivity index (χ3n) is 19.1. The fourth-order valence-electron chi connectivity index (χ4n) is 13.5. The van der Waals surface area contributed by atoms with E-state index in [1.165, 1.54) is 42.6 Å². The number of nitrogens with zero attached hydrogens (tertiary/aromatic N) is 5. The number of hydrogen-bond donors (Lipinski definition) is 7. The monoisotopic (exact) mass is 1600 g/mol. The lowest BCUT2D eigenvalue weighted by Gasteiger charge is -2.28. The first kappa shape index (κ1) is 84.6. The number of benzene rings is 4. The zero-order chi connectivity index (χ0) is 80.2. The van der Waals surface area contributed by atoms with Crippen molar-refractivity contribution in [2.24, 2.45) is 0 Å². The molecule has 4 amide bonds. The number of carboxylic acid groups (broad SMARTS) is 1. The first-order valence-corrected chi connectivity index (χ1v) is 41.3. The number of ether oxygens (including phenoxy) is 4. The van der Waals surface area contributed by atoms with E-state index in [0.717, 1.165) is 4.90 Å². The van der Waals surface area contributed by atoms with Gasteiger partial charge in [-0.15, -0.1) is 0 Å². The van der Waals surface area contributed by atoms with Gasteiger partial charge in [-0.2, -0.15) is 35.1 Å². The number of nitriles is 1. The van der Waals surface area contributed by atoms with Crippen molar-refractivity contribution in [2.75, 3.05) is 82.2 Å². The van der Waals surface area contributed by atoms with Gasteiger partial charge in [0.1, 0.15) is 35.9 Å². The SMILES string of the molecule is CC1(C)C(/C=C/C2=C(Oc3ccc(C[C@H](NC(=O)CCOCCOCCNC(=O)CCOc4ccc5nccc(C(=O)NCC(=O)N6CC(F)(F)C[C@H]6C#N)c5c4)C(=O)O)cc3)C(=C/C=C3/N(CCCCS(=O)(=O)[O-])c4ccc(S(=O)(=O)O)cc4C3(C)C)/CCC2)=[N+](CCCCS(=O)(=O)O)c2ccc(S(=O)(=O)O)cc21. The van der Waals surface area contributed by atoms with Crippen molar-refractivity contribution in [1.82, 2.24) is 25.8 Å². The Morgan fingerprint density at radius 3 is 2.11 bits per heavy atom. The van der Waals surface area contributed by atoms with Gasteiger partial charge >= 0.3 is 5.97 Å². The van der Waals surface area contributed by atoms with Gasteiger partial charge < -0.3 is 54.4 Å². The van der Waals surface area contributed by atoms with Crippen molar-refractivity contribution < 1.29 is 113 Å². The van der Waals surface area contributed by atoms with Gasteiger partial charge in [-0.25, -0.2) is 22.0 Å². The molecule has 30 nitrogen and oxygen atoms in total. The molecule has 1 aromatic heterocycles. The maximum atomic E-state index is 13.9. The molecule has 0 bridgehead atoms. The Bertz CT molecular complexity index is 5040. The van der Waals surface area contributed by atoms with Crippen LogP contribution in [-0.2, 0) is 86.4 Å². The summed E-state index contributed by atoms with van der Waals surface area (Å²) in [6.07, 6.45) is 9.74. The summed E-state index contributed by atoms with van der Waals surface area (Å²) in [7, 11) is -18.1. The van der Waals surface area contributed by atoms with Gasteiger partial charge in [0.25, 0.3) is 42.2 Å². The van der Waals surface area contributed by atoms with Crippen LogP contribution in [0, 0.1) is 11.3 Å². The molecule has 5 aromatic rings. The highest BCUT2D eigenvalue weighted by Gasteiger charge is 2.48. The lowest BCUT2D eigenvalue weighted by molar-refractivity contribution is -0.438. The molecule has 1 aliphatic carbocycles. The number of nitrogens with one attached hydrogen (secondary N) is 3.